The normalized spacial score (nSPS) is 20.2. The van der Waals surface area contributed by atoms with E-state index in [1.807, 2.05) is 19.1 Å². The van der Waals surface area contributed by atoms with Gasteiger partial charge in [0.25, 0.3) is 0 Å². The molecule has 1 unspecified atom stereocenters. The van der Waals surface area contributed by atoms with E-state index >= 15 is 0 Å². The highest BCUT2D eigenvalue weighted by Gasteiger charge is 2.22. The van der Waals surface area contributed by atoms with Crippen LogP contribution in [-0.4, -0.2) is 29.7 Å². The average Bonchev–Trinajstić information content (AvgIpc) is 2.41. The van der Waals surface area contributed by atoms with E-state index in [1.54, 1.807) is 6.07 Å². The van der Waals surface area contributed by atoms with Crippen LogP contribution in [0.4, 0.5) is 0 Å². The van der Waals surface area contributed by atoms with Gasteiger partial charge in [-0.3, -0.25) is 9.69 Å². The van der Waals surface area contributed by atoms with Gasteiger partial charge in [-0.1, -0.05) is 12.5 Å². The lowest BCUT2D eigenvalue weighted by Gasteiger charge is -2.32. The van der Waals surface area contributed by atoms with Crippen molar-refractivity contribution in [3.05, 3.63) is 34.9 Å². The van der Waals surface area contributed by atoms with Gasteiger partial charge in [0.05, 0.1) is 6.04 Å². The van der Waals surface area contributed by atoms with Gasteiger partial charge in [-0.2, -0.15) is 0 Å². The Labute approximate surface area is 113 Å². The van der Waals surface area contributed by atoms with Crippen LogP contribution in [0, 0.1) is 6.92 Å². The molecule has 4 nitrogen and oxygen atoms in total. The number of nitrogens with zero attached hydrogens (tertiary/aromatic N) is 1. The molecule has 1 aliphatic heterocycles. The summed E-state index contributed by atoms with van der Waals surface area (Å²) in [5, 5.41) is 0. The molecule has 102 valence electrons. The average molecular weight is 260 g/mol. The van der Waals surface area contributed by atoms with Crippen LogP contribution >= 0.6 is 0 Å². The first kappa shape index (κ1) is 13.7. The number of hydrogen-bond donors (Lipinski definition) is 1. The number of piperidine rings is 1. The SMILES string of the molecule is Cc1cc(C(N)=O)ccc1CN1CCCCC1C=O. The maximum atomic E-state index is 11.1. The Balaban J connectivity index is 2.14. The van der Waals surface area contributed by atoms with E-state index in [-0.39, 0.29) is 6.04 Å². The minimum atomic E-state index is -0.404. The third kappa shape index (κ3) is 3.20. The van der Waals surface area contributed by atoms with Gasteiger partial charge in [-0.25, -0.2) is 0 Å². The summed E-state index contributed by atoms with van der Waals surface area (Å²) in [6, 6.07) is 5.54. The van der Waals surface area contributed by atoms with Crippen molar-refractivity contribution in [2.45, 2.75) is 38.8 Å². The summed E-state index contributed by atoms with van der Waals surface area (Å²) in [4.78, 5) is 24.4. The molecular formula is C15H20N2O2. The van der Waals surface area contributed by atoms with Gasteiger partial charge >= 0.3 is 0 Å². The highest BCUT2D eigenvalue weighted by molar-refractivity contribution is 5.93. The molecule has 1 amide bonds. The first-order valence-electron chi connectivity index (χ1n) is 6.70. The molecule has 0 aliphatic carbocycles. The third-order valence-electron chi connectivity index (χ3n) is 3.82. The minimum absolute atomic E-state index is 0.0315. The number of carbonyl (C=O) groups excluding carboxylic acids is 2. The Bertz CT molecular complexity index is 485. The first-order chi connectivity index (χ1) is 9.11. The van der Waals surface area contributed by atoms with E-state index in [0.717, 1.165) is 49.8 Å². The zero-order valence-corrected chi connectivity index (χ0v) is 11.3. The minimum Gasteiger partial charge on any atom is -0.366 e. The summed E-state index contributed by atoms with van der Waals surface area (Å²) in [6.07, 6.45) is 4.26. The lowest BCUT2D eigenvalue weighted by atomic mass is 10.00. The molecule has 4 heteroatoms. The molecular weight excluding hydrogens is 240 g/mol. The summed E-state index contributed by atoms with van der Waals surface area (Å²) in [7, 11) is 0. The summed E-state index contributed by atoms with van der Waals surface area (Å²) in [5.74, 6) is -0.404. The van der Waals surface area contributed by atoms with Crippen LogP contribution in [0.3, 0.4) is 0 Å². The quantitative estimate of drug-likeness (QED) is 0.837. The number of carbonyl (C=O) groups is 2. The number of aldehydes is 1. The van der Waals surface area contributed by atoms with Crippen LogP contribution in [-0.2, 0) is 11.3 Å². The molecule has 0 spiro atoms. The molecule has 1 fully saturated rings. The van der Waals surface area contributed by atoms with Gasteiger partial charge in [0.15, 0.2) is 0 Å². The summed E-state index contributed by atoms with van der Waals surface area (Å²) < 4.78 is 0. The van der Waals surface area contributed by atoms with Gasteiger partial charge in [0, 0.05) is 12.1 Å². The zero-order valence-electron chi connectivity index (χ0n) is 11.3. The van der Waals surface area contributed by atoms with Crippen molar-refractivity contribution in [2.24, 2.45) is 5.73 Å². The molecule has 0 bridgehead atoms. The predicted molar refractivity (Wildman–Crippen MR) is 73.8 cm³/mol. The maximum absolute atomic E-state index is 11.1. The molecule has 2 rings (SSSR count). The van der Waals surface area contributed by atoms with E-state index in [4.69, 9.17) is 5.73 Å². The summed E-state index contributed by atoms with van der Waals surface area (Å²) in [6.45, 7) is 3.69. The molecule has 2 N–H and O–H groups in total. The van der Waals surface area contributed by atoms with Crippen molar-refractivity contribution in [2.75, 3.05) is 6.54 Å². The van der Waals surface area contributed by atoms with Crippen LogP contribution in [0.25, 0.3) is 0 Å². The Morgan fingerprint density at radius 3 is 2.89 bits per heavy atom. The van der Waals surface area contributed by atoms with E-state index < -0.39 is 5.91 Å². The topological polar surface area (TPSA) is 63.4 Å². The van der Waals surface area contributed by atoms with Crippen molar-refractivity contribution >= 4 is 12.2 Å². The van der Waals surface area contributed by atoms with E-state index in [2.05, 4.69) is 4.90 Å². The van der Waals surface area contributed by atoms with Crippen LogP contribution in [0.5, 0.6) is 0 Å². The second kappa shape index (κ2) is 5.97. The fraction of sp³-hybridized carbons (Fsp3) is 0.467. The molecule has 0 radical (unpaired) electrons. The van der Waals surface area contributed by atoms with Crippen LogP contribution in [0.2, 0.25) is 0 Å². The van der Waals surface area contributed by atoms with E-state index in [1.165, 1.54) is 0 Å². The third-order valence-corrected chi connectivity index (χ3v) is 3.82. The molecule has 1 heterocycles. The number of likely N-dealkylation sites (tertiary alicyclic amines) is 1. The van der Waals surface area contributed by atoms with Crippen molar-refractivity contribution < 1.29 is 9.59 Å². The highest BCUT2D eigenvalue weighted by atomic mass is 16.1. The lowest BCUT2D eigenvalue weighted by Crippen LogP contribution is -2.40. The Hall–Kier alpha value is -1.68. The molecule has 1 aromatic rings. The molecule has 0 saturated carbocycles. The zero-order chi connectivity index (χ0) is 13.8. The molecule has 0 aromatic heterocycles. The van der Waals surface area contributed by atoms with Gasteiger partial charge < -0.3 is 10.5 Å². The fourth-order valence-electron chi connectivity index (χ4n) is 2.61. The largest absolute Gasteiger partial charge is 0.366 e. The number of hydrogen-bond acceptors (Lipinski definition) is 3. The summed E-state index contributed by atoms with van der Waals surface area (Å²) in [5.41, 5.74) is 8.00. The number of rotatable bonds is 4. The van der Waals surface area contributed by atoms with Crippen molar-refractivity contribution in [3.8, 4) is 0 Å². The lowest BCUT2D eigenvalue weighted by molar-refractivity contribution is -0.113. The first-order valence-corrected chi connectivity index (χ1v) is 6.70. The second-order valence-corrected chi connectivity index (χ2v) is 5.18. The Morgan fingerprint density at radius 2 is 2.26 bits per heavy atom. The number of benzene rings is 1. The Kier molecular flexibility index (Phi) is 4.32. The smallest absolute Gasteiger partial charge is 0.248 e. The number of primary amides is 1. The van der Waals surface area contributed by atoms with Crippen molar-refractivity contribution in [3.63, 3.8) is 0 Å². The molecule has 19 heavy (non-hydrogen) atoms. The predicted octanol–water partition coefficient (Wildman–Crippen LogP) is 1.65. The van der Waals surface area contributed by atoms with E-state index in [0.29, 0.717) is 5.56 Å². The molecule has 1 aliphatic rings. The highest BCUT2D eigenvalue weighted by Crippen LogP contribution is 2.20. The number of aryl methyl sites for hydroxylation is 1. The van der Waals surface area contributed by atoms with Crippen LogP contribution in [0.15, 0.2) is 18.2 Å². The van der Waals surface area contributed by atoms with Gasteiger partial charge in [-0.15, -0.1) is 0 Å². The molecule has 1 aromatic carbocycles. The van der Waals surface area contributed by atoms with Crippen molar-refractivity contribution in [1.29, 1.82) is 0 Å². The fourth-order valence-corrected chi connectivity index (χ4v) is 2.61. The van der Waals surface area contributed by atoms with Gasteiger partial charge in [0.1, 0.15) is 6.29 Å². The van der Waals surface area contributed by atoms with Crippen LogP contribution in [0.1, 0.15) is 40.7 Å². The second-order valence-electron chi connectivity index (χ2n) is 5.18. The van der Waals surface area contributed by atoms with Gasteiger partial charge in [0.2, 0.25) is 5.91 Å². The Morgan fingerprint density at radius 1 is 1.47 bits per heavy atom. The van der Waals surface area contributed by atoms with Crippen molar-refractivity contribution in [1.82, 2.24) is 4.90 Å². The van der Waals surface area contributed by atoms with Gasteiger partial charge in [-0.05, 0) is 49.6 Å². The standard InChI is InChI=1S/C15H20N2O2/c1-11-8-12(15(16)19)5-6-13(11)9-17-7-3-2-4-14(17)10-18/h5-6,8,10,14H,2-4,7,9H2,1H3,(H2,16,19). The van der Waals surface area contributed by atoms with E-state index in [9.17, 15) is 9.59 Å². The molecule has 1 saturated heterocycles. The van der Waals surface area contributed by atoms with Crippen LogP contribution < -0.4 is 5.73 Å². The number of nitrogens with two attached hydrogens (primary N) is 1. The molecule has 1 atom stereocenters. The maximum Gasteiger partial charge on any atom is 0.248 e. The summed E-state index contributed by atoms with van der Waals surface area (Å²) >= 11 is 0. The number of amides is 1. The monoisotopic (exact) mass is 260 g/mol.